The van der Waals surface area contributed by atoms with Crippen molar-refractivity contribution >= 4 is 17.8 Å². The average molecular weight is 357 g/mol. The van der Waals surface area contributed by atoms with Gasteiger partial charge in [0.05, 0.1) is 7.11 Å². The normalized spacial score (nSPS) is 16.0. The summed E-state index contributed by atoms with van der Waals surface area (Å²) < 4.78 is 6.27. The molecule has 1 N–H and O–H groups in total. The van der Waals surface area contributed by atoms with Crippen molar-refractivity contribution in [2.45, 2.75) is 32.0 Å². The SMILES string of the molecule is COC(=O)C1Cc2ccccc2CN1C(=O)CCn1ccc(C(=O)O)n1. The molecular weight excluding hydrogens is 338 g/mol. The molecule has 0 radical (unpaired) electrons. The lowest BCUT2D eigenvalue weighted by atomic mass is 9.93. The first-order chi connectivity index (χ1) is 12.5. The van der Waals surface area contributed by atoms with E-state index in [1.54, 1.807) is 0 Å². The zero-order valence-corrected chi connectivity index (χ0v) is 14.3. The summed E-state index contributed by atoms with van der Waals surface area (Å²) in [6, 6.07) is 8.41. The van der Waals surface area contributed by atoms with E-state index in [2.05, 4.69) is 5.10 Å². The van der Waals surface area contributed by atoms with Gasteiger partial charge in [-0.05, 0) is 17.2 Å². The van der Waals surface area contributed by atoms with Crippen molar-refractivity contribution in [1.29, 1.82) is 0 Å². The van der Waals surface area contributed by atoms with Crippen LogP contribution in [0.1, 0.15) is 28.0 Å². The van der Waals surface area contributed by atoms with E-state index in [1.807, 2.05) is 24.3 Å². The summed E-state index contributed by atoms with van der Waals surface area (Å²) in [5.41, 5.74) is 1.97. The van der Waals surface area contributed by atoms with Gasteiger partial charge in [0.15, 0.2) is 5.69 Å². The number of methoxy groups -OCH3 is 1. The summed E-state index contributed by atoms with van der Waals surface area (Å²) in [6.45, 7) is 0.576. The number of aromatic nitrogens is 2. The third-order valence-corrected chi connectivity index (χ3v) is 4.46. The molecule has 0 fully saturated rings. The highest BCUT2D eigenvalue weighted by Crippen LogP contribution is 2.24. The number of nitrogens with zero attached hydrogens (tertiary/aromatic N) is 3. The Morgan fingerprint density at radius 1 is 1.23 bits per heavy atom. The lowest BCUT2D eigenvalue weighted by Crippen LogP contribution is -2.49. The summed E-state index contributed by atoms with van der Waals surface area (Å²) in [5, 5.41) is 12.8. The van der Waals surface area contributed by atoms with Crippen molar-refractivity contribution in [3.63, 3.8) is 0 Å². The van der Waals surface area contributed by atoms with E-state index in [0.717, 1.165) is 11.1 Å². The average Bonchev–Trinajstić information content (AvgIpc) is 3.13. The van der Waals surface area contributed by atoms with Crippen LogP contribution < -0.4 is 0 Å². The fourth-order valence-corrected chi connectivity index (χ4v) is 3.09. The van der Waals surface area contributed by atoms with Crippen molar-refractivity contribution in [1.82, 2.24) is 14.7 Å². The monoisotopic (exact) mass is 357 g/mol. The molecule has 0 saturated carbocycles. The molecule has 1 unspecified atom stereocenters. The fourth-order valence-electron chi connectivity index (χ4n) is 3.09. The van der Waals surface area contributed by atoms with Crippen LogP contribution in [0, 0.1) is 0 Å². The van der Waals surface area contributed by atoms with Crippen molar-refractivity contribution in [3.05, 3.63) is 53.3 Å². The van der Waals surface area contributed by atoms with Crippen molar-refractivity contribution in [2.75, 3.05) is 7.11 Å². The number of aromatic carboxylic acids is 1. The van der Waals surface area contributed by atoms with E-state index in [-0.39, 0.29) is 24.6 Å². The Hall–Kier alpha value is -3.16. The van der Waals surface area contributed by atoms with Gasteiger partial charge in [0.25, 0.3) is 0 Å². The van der Waals surface area contributed by atoms with Crippen LogP contribution >= 0.6 is 0 Å². The molecule has 0 spiro atoms. The van der Waals surface area contributed by atoms with E-state index < -0.39 is 18.0 Å². The van der Waals surface area contributed by atoms with Crippen LogP contribution in [0.5, 0.6) is 0 Å². The second kappa shape index (κ2) is 7.38. The Bertz CT molecular complexity index is 845. The molecule has 1 aliphatic heterocycles. The molecule has 3 rings (SSSR count). The summed E-state index contributed by atoms with van der Waals surface area (Å²) in [4.78, 5) is 37.2. The smallest absolute Gasteiger partial charge is 0.356 e. The number of carboxylic acid groups (broad SMARTS) is 1. The van der Waals surface area contributed by atoms with Crippen molar-refractivity contribution in [2.24, 2.45) is 0 Å². The quantitative estimate of drug-likeness (QED) is 0.804. The standard InChI is InChI=1S/C18H19N3O5/c1-26-18(25)15-10-12-4-2-3-5-13(12)11-21(15)16(22)7-9-20-8-6-14(19-20)17(23)24/h2-6,8,15H,7,9-11H2,1H3,(H,23,24). The lowest BCUT2D eigenvalue weighted by Gasteiger charge is -2.35. The number of hydrogen-bond donors (Lipinski definition) is 1. The molecule has 8 nitrogen and oxygen atoms in total. The van der Waals surface area contributed by atoms with Crippen LogP contribution in [0.25, 0.3) is 0 Å². The predicted molar refractivity (Wildman–Crippen MR) is 90.3 cm³/mol. The Morgan fingerprint density at radius 3 is 2.62 bits per heavy atom. The Balaban J connectivity index is 1.73. The van der Waals surface area contributed by atoms with Gasteiger partial charge in [0, 0.05) is 32.1 Å². The maximum atomic E-state index is 12.7. The summed E-state index contributed by atoms with van der Waals surface area (Å²) >= 11 is 0. The van der Waals surface area contributed by atoms with E-state index in [4.69, 9.17) is 9.84 Å². The zero-order valence-electron chi connectivity index (χ0n) is 14.3. The van der Waals surface area contributed by atoms with Gasteiger partial charge in [0.2, 0.25) is 5.91 Å². The highest BCUT2D eigenvalue weighted by molar-refractivity contribution is 5.86. The van der Waals surface area contributed by atoms with Gasteiger partial charge in [-0.15, -0.1) is 0 Å². The first kappa shape index (κ1) is 17.7. The number of carboxylic acids is 1. The van der Waals surface area contributed by atoms with Gasteiger partial charge >= 0.3 is 11.9 Å². The highest BCUT2D eigenvalue weighted by Gasteiger charge is 2.34. The van der Waals surface area contributed by atoms with E-state index in [9.17, 15) is 14.4 Å². The van der Waals surface area contributed by atoms with Crippen LogP contribution in [0.2, 0.25) is 0 Å². The number of carbonyl (C=O) groups is 3. The van der Waals surface area contributed by atoms with Crippen LogP contribution in [-0.4, -0.2) is 50.8 Å². The summed E-state index contributed by atoms with van der Waals surface area (Å²) in [5.74, 6) is -1.77. The van der Waals surface area contributed by atoms with Crippen LogP contribution in [0.4, 0.5) is 0 Å². The van der Waals surface area contributed by atoms with Crippen LogP contribution in [0.15, 0.2) is 36.5 Å². The molecule has 1 amide bonds. The van der Waals surface area contributed by atoms with Gasteiger partial charge in [-0.3, -0.25) is 9.48 Å². The van der Waals surface area contributed by atoms with Gasteiger partial charge in [0.1, 0.15) is 6.04 Å². The number of carbonyl (C=O) groups excluding carboxylic acids is 2. The van der Waals surface area contributed by atoms with E-state index in [1.165, 1.54) is 29.0 Å². The second-order valence-electron chi connectivity index (χ2n) is 6.05. The summed E-state index contributed by atoms with van der Waals surface area (Å²) in [6.07, 6.45) is 2.04. The Morgan fingerprint density at radius 2 is 1.96 bits per heavy atom. The minimum atomic E-state index is -1.12. The minimum Gasteiger partial charge on any atom is -0.476 e. The molecule has 8 heteroatoms. The van der Waals surface area contributed by atoms with E-state index >= 15 is 0 Å². The Kier molecular flexibility index (Phi) is 5.01. The van der Waals surface area contributed by atoms with Crippen LogP contribution in [-0.2, 0) is 33.8 Å². The topological polar surface area (TPSA) is 102 Å². The first-order valence-electron chi connectivity index (χ1n) is 8.20. The van der Waals surface area contributed by atoms with Crippen LogP contribution in [0.3, 0.4) is 0 Å². The molecule has 0 bridgehead atoms. The maximum Gasteiger partial charge on any atom is 0.356 e. The van der Waals surface area contributed by atoms with Gasteiger partial charge in [-0.1, -0.05) is 24.3 Å². The van der Waals surface area contributed by atoms with E-state index in [0.29, 0.717) is 13.0 Å². The largest absolute Gasteiger partial charge is 0.476 e. The molecule has 1 aromatic carbocycles. The molecule has 26 heavy (non-hydrogen) atoms. The number of hydrogen-bond acceptors (Lipinski definition) is 5. The first-order valence-corrected chi connectivity index (χ1v) is 8.20. The lowest BCUT2D eigenvalue weighted by molar-refractivity contribution is -0.154. The molecule has 2 aromatic rings. The molecule has 1 atom stereocenters. The number of fused-ring (bicyclic) bond motifs is 1. The highest BCUT2D eigenvalue weighted by atomic mass is 16.5. The number of ether oxygens (including phenoxy) is 1. The minimum absolute atomic E-state index is 0.0724. The Labute approximate surface area is 150 Å². The number of rotatable bonds is 5. The molecule has 0 saturated heterocycles. The van der Waals surface area contributed by atoms with Gasteiger partial charge in [-0.2, -0.15) is 5.10 Å². The molecular formula is C18H19N3O5. The number of amides is 1. The third-order valence-electron chi connectivity index (χ3n) is 4.46. The predicted octanol–water partition coefficient (Wildman–Crippen LogP) is 1.10. The summed E-state index contributed by atoms with van der Waals surface area (Å²) in [7, 11) is 1.31. The van der Waals surface area contributed by atoms with Crippen molar-refractivity contribution < 1.29 is 24.2 Å². The van der Waals surface area contributed by atoms with Gasteiger partial charge < -0.3 is 14.7 Å². The maximum absolute atomic E-state index is 12.7. The second-order valence-corrected chi connectivity index (χ2v) is 6.05. The molecule has 1 aliphatic rings. The molecule has 0 aliphatic carbocycles. The number of aryl methyl sites for hydroxylation is 1. The molecule has 2 heterocycles. The molecule has 136 valence electrons. The van der Waals surface area contributed by atoms with Crippen molar-refractivity contribution in [3.8, 4) is 0 Å². The third kappa shape index (κ3) is 3.58. The molecule has 1 aromatic heterocycles. The van der Waals surface area contributed by atoms with Gasteiger partial charge in [-0.25, -0.2) is 9.59 Å². The number of benzene rings is 1. The zero-order chi connectivity index (χ0) is 18.7. The fraction of sp³-hybridized carbons (Fsp3) is 0.333. The number of esters is 1.